The van der Waals surface area contributed by atoms with E-state index in [-0.39, 0.29) is 0 Å². The number of aryl methyl sites for hydroxylation is 1. The number of rotatable bonds is 2. The Hall–Kier alpha value is -1.84. The molecule has 0 bridgehead atoms. The summed E-state index contributed by atoms with van der Waals surface area (Å²) in [6.45, 7) is 1.89. The molecule has 3 nitrogen and oxygen atoms in total. The van der Waals surface area contributed by atoms with Crippen LogP contribution in [0.1, 0.15) is 15.9 Å². The number of anilines is 1. The molecule has 0 aliphatic carbocycles. The number of halogens is 1. The summed E-state index contributed by atoms with van der Waals surface area (Å²) in [4.78, 5) is 12.0. The number of hydrogen-bond donors (Lipinski definition) is 1. The maximum Gasteiger partial charge on any atom is 0.281 e. The highest BCUT2D eigenvalue weighted by Crippen LogP contribution is 2.18. The molecule has 1 N–H and O–H groups in total. The van der Waals surface area contributed by atoms with Crippen LogP contribution in [0.4, 0.5) is 5.69 Å². The van der Waals surface area contributed by atoms with Gasteiger partial charge in [-0.3, -0.25) is 10.0 Å². The largest absolute Gasteiger partial charge is 0.281 e. The summed E-state index contributed by atoms with van der Waals surface area (Å²) in [5, 5.41) is 11.0. The van der Waals surface area contributed by atoms with Crippen molar-refractivity contribution in [2.75, 3.05) is 5.06 Å². The normalized spacial score (nSPS) is 10.2. The number of amides is 1. The fraction of sp³-hybridized carbons (Fsp3) is 0.0714. The number of nitrogens with zero attached hydrogens (tertiary/aromatic N) is 1. The Morgan fingerprint density at radius 3 is 2.44 bits per heavy atom. The van der Waals surface area contributed by atoms with Crippen LogP contribution in [0.5, 0.6) is 0 Å². The molecule has 0 fully saturated rings. The Morgan fingerprint density at radius 2 is 1.83 bits per heavy atom. The maximum atomic E-state index is 12.0. The molecule has 0 heterocycles. The van der Waals surface area contributed by atoms with Crippen LogP contribution in [0.3, 0.4) is 0 Å². The standard InChI is InChI=1S/C14H12ClNO2/c1-10-3-2-4-11(9-10)14(17)16(18)13-7-5-12(15)6-8-13/h2-9,18H,1H3. The van der Waals surface area contributed by atoms with Gasteiger partial charge in [0.05, 0.1) is 5.69 Å². The lowest BCUT2D eigenvalue weighted by Gasteiger charge is -2.15. The van der Waals surface area contributed by atoms with Gasteiger partial charge in [-0.25, -0.2) is 0 Å². The summed E-state index contributed by atoms with van der Waals surface area (Å²) < 4.78 is 0. The van der Waals surface area contributed by atoms with E-state index in [9.17, 15) is 10.0 Å². The van der Waals surface area contributed by atoms with Crippen molar-refractivity contribution in [1.29, 1.82) is 0 Å². The molecule has 0 aliphatic heterocycles. The molecule has 0 saturated carbocycles. The first-order valence-electron chi connectivity index (χ1n) is 5.43. The number of hydroxylamine groups is 1. The monoisotopic (exact) mass is 261 g/mol. The molecular weight excluding hydrogens is 250 g/mol. The lowest BCUT2D eigenvalue weighted by atomic mass is 10.1. The van der Waals surface area contributed by atoms with Gasteiger partial charge in [0.2, 0.25) is 0 Å². The number of benzene rings is 2. The first-order valence-corrected chi connectivity index (χ1v) is 5.81. The minimum atomic E-state index is -0.471. The fourth-order valence-electron chi connectivity index (χ4n) is 1.60. The van der Waals surface area contributed by atoms with Crippen LogP contribution in [0.2, 0.25) is 5.02 Å². The number of carbonyl (C=O) groups excluding carboxylic acids is 1. The van der Waals surface area contributed by atoms with Gasteiger partial charge in [0.25, 0.3) is 5.91 Å². The second-order valence-electron chi connectivity index (χ2n) is 3.96. The van der Waals surface area contributed by atoms with E-state index in [2.05, 4.69) is 0 Å². The zero-order valence-electron chi connectivity index (χ0n) is 9.80. The molecule has 1 amide bonds. The van der Waals surface area contributed by atoms with Crippen LogP contribution < -0.4 is 5.06 Å². The van der Waals surface area contributed by atoms with Crippen molar-refractivity contribution in [3.8, 4) is 0 Å². The zero-order valence-corrected chi connectivity index (χ0v) is 10.6. The zero-order chi connectivity index (χ0) is 13.1. The Bertz CT molecular complexity index is 566. The Kier molecular flexibility index (Phi) is 3.65. The molecule has 4 heteroatoms. The van der Waals surface area contributed by atoms with Gasteiger partial charge < -0.3 is 0 Å². The first kappa shape index (κ1) is 12.6. The van der Waals surface area contributed by atoms with Crippen LogP contribution in [-0.2, 0) is 0 Å². The average Bonchev–Trinajstić information content (AvgIpc) is 2.38. The molecule has 0 aromatic heterocycles. The van der Waals surface area contributed by atoms with Crippen molar-refractivity contribution in [2.24, 2.45) is 0 Å². The maximum absolute atomic E-state index is 12.0. The molecule has 2 aromatic rings. The molecule has 2 rings (SSSR count). The Balaban J connectivity index is 2.26. The van der Waals surface area contributed by atoms with Gasteiger partial charge in [0.1, 0.15) is 0 Å². The predicted octanol–water partition coefficient (Wildman–Crippen LogP) is 3.68. The second-order valence-corrected chi connectivity index (χ2v) is 4.40. The average molecular weight is 262 g/mol. The summed E-state index contributed by atoms with van der Waals surface area (Å²) in [7, 11) is 0. The molecule has 18 heavy (non-hydrogen) atoms. The second kappa shape index (κ2) is 5.21. The van der Waals surface area contributed by atoms with Gasteiger partial charge in [-0.05, 0) is 43.3 Å². The molecule has 0 atom stereocenters. The summed E-state index contributed by atoms with van der Waals surface area (Å²) >= 11 is 5.75. The summed E-state index contributed by atoms with van der Waals surface area (Å²) in [5.41, 5.74) is 1.78. The third-order valence-corrected chi connectivity index (χ3v) is 2.78. The predicted molar refractivity (Wildman–Crippen MR) is 71.2 cm³/mol. The summed E-state index contributed by atoms with van der Waals surface area (Å²) in [6.07, 6.45) is 0. The van der Waals surface area contributed by atoms with Crippen molar-refractivity contribution in [3.63, 3.8) is 0 Å². The summed E-state index contributed by atoms with van der Waals surface area (Å²) in [6, 6.07) is 13.4. The molecule has 0 unspecified atom stereocenters. The van der Waals surface area contributed by atoms with Crippen LogP contribution >= 0.6 is 11.6 Å². The third-order valence-electron chi connectivity index (χ3n) is 2.53. The SMILES string of the molecule is Cc1cccc(C(=O)N(O)c2ccc(Cl)cc2)c1. The van der Waals surface area contributed by atoms with Crippen molar-refractivity contribution in [1.82, 2.24) is 0 Å². The van der Waals surface area contributed by atoms with Gasteiger partial charge in [0, 0.05) is 10.6 Å². The molecule has 2 aromatic carbocycles. The minimum absolute atomic E-state index is 0.380. The van der Waals surface area contributed by atoms with Gasteiger partial charge in [-0.15, -0.1) is 0 Å². The van der Waals surface area contributed by atoms with Crippen LogP contribution in [0, 0.1) is 6.92 Å². The van der Waals surface area contributed by atoms with Crippen LogP contribution in [0.15, 0.2) is 48.5 Å². The molecule has 0 spiro atoms. The summed E-state index contributed by atoms with van der Waals surface area (Å²) in [5.74, 6) is -0.471. The van der Waals surface area contributed by atoms with E-state index in [0.717, 1.165) is 5.56 Å². The highest BCUT2D eigenvalue weighted by Gasteiger charge is 2.15. The van der Waals surface area contributed by atoms with Gasteiger partial charge in [-0.1, -0.05) is 29.3 Å². The van der Waals surface area contributed by atoms with Gasteiger partial charge in [0.15, 0.2) is 0 Å². The Morgan fingerprint density at radius 1 is 1.17 bits per heavy atom. The molecular formula is C14H12ClNO2. The highest BCUT2D eigenvalue weighted by atomic mass is 35.5. The van der Waals surface area contributed by atoms with Crippen molar-refractivity contribution < 1.29 is 10.0 Å². The van der Waals surface area contributed by atoms with E-state index in [1.54, 1.807) is 42.5 Å². The smallest absolute Gasteiger partial charge is 0.281 e. The van der Waals surface area contributed by atoms with Crippen LogP contribution in [0.25, 0.3) is 0 Å². The fourth-order valence-corrected chi connectivity index (χ4v) is 1.73. The van der Waals surface area contributed by atoms with Gasteiger partial charge in [-0.2, -0.15) is 5.06 Å². The van der Waals surface area contributed by atoms with E-state index in [1.807, 2.05) is 13.0 Å². The lowest BCUT2D eigenvalue weighted by molar-refractivity contribution is 0.0854. The number of hydrogen-bond acceptors (Lipinski definition) is 2. The van der Waals surface area contributed by atoms with Gasteiger partial charge >= 0.3 is 0 Å². The van der Waals surface area contributed by atoms with Crippen molar-refractivity contribution in [2.45, 2.75) is 6.92 Å². The van der Waals surface area contributed by atoms with E-state index >= 15 is 0 Å². The van der Waals surface area contributed by atoms with E-state index in [1.165, 1.54) is 0 Å². The highest BCUT2D eigenvalue weighted by molar-refractivity contribution is 6.30. The van der Waals surface area contributed by atoms with E-state index in [4.69, 9.17) is 11.6 Å². The van der Waals surface area contributed by atoms with E-state index < -0.39 is 5.91 Å². The first-order chi connectivity index (χ1) is 8.58. The number of carbonyl (C=O) groups is 1. The van der Waals surface area contributed by atoms with Crippen LogP contribution in [-0.4, -0.2) is 11.1 Å². The van der Waals surface area contributed by atoms with E-state index in [0.29, 0.717) is 21.3 Å². The van der Waals surface area contributed by atoms with Crippen molar-refractivity contribution >= 4 is 23.2 Å². The third kappa shape index (κ3) is 2.70. The lowest BCUT2D eigenvalue weighted by Crippen LogP contribution is -2.26. The topological polar surface area (TPSA) is 40.5 Å². The van der Waals surface area contributed by atoms with Crippen molar-refractivity contribution in [3.05, 3.63) is 64.7 Å². The minimum Gasteiger partial charge on any atom is -0.281 e. The molecule has 0 radical (unpaired) electrons. The molecule has 0 aliphatic rings. The Labute approximate surface area is 110 Å². The molecule has 92 valence electrons. The quantitative estimate of drug-likeness (QED) is 0.662. The molecule has 0 saturated heterocycles.